The summed E-state index contributed by atoms with van der Waals surface area (Å²) in [5.41, 5.74) is 0.195. The fourth-order valence-corrected chi connectivity index (χ4v) is 2.17. The summed E-state index contributed by atoms with van der Waals surface area (Å²) >= 11 is 5.09. The Morgan fingerprint density at radius 1 is 1.46 bits per heavy atom. The van der Waals surface area contributed by atoms with Gasteiger partial charge >= 0.3 is 0 Å². The average Bonchev–Trinajstić information content (AvgIpc) is 2.49. The molecule has 24 heavy (non-hydrogen) atoms. The smallest absolute Gasteiger partial charge is 0.297 e. The molecule has 0 spiro atoms. The first-order valence-corrected chi connectivity index (χ1v) is 7.87. The zero-order valence-electron chi connectivity index (χ0n) is 14.0. The normalized spacial score (nSPS) is 11.8. The van der Waals surface area contributed by atoms with Crippen molar-refractivity contribution in [3.05, 3.63) is 44.6 Å². The molecular formula is C16H20N4O3S. The SMILES string of the molecule is CCOc1cc(/C=N\n2c(=S)[nH]nc(C(C)(C)C)c2=O)ccc1O. The van der Waals surface area contributed by atoms with E-state index in [0.29, 0.717) is 23.6 Å². The van der Waals surface area contributed by atoms with Crippen molar-refractivity contribution in [1.82, 2.24) is 14.9 Å². The van der Waals surface area contributed by atoms with Gasteiger partial charge in [-0.05, 0) is 42.9 Å². The van der Waals surface area contributed by atoms with Gasteiger partial charge in [-0.2, -0.15) is 14.9 Å². The second-order valence-electron chi connectivity index (χ2n) is 6.15. The molecule has 128 valence electrons. The first-order valence-electron chi connectivity index (χ1n) is 7.46. The Labute approximate surface area is 144 Å². The van der Waals surface area contributed by atoms with E-state index in [1.165, 1.54) is 12.3 Å². The Hall–Kier alpha value is -2.48. The van der Waals surface area contributed by atoms with Gasteiger partial charge in [-0.25, -0.2) is 0 Å². The average molecular weight is 348 g/mol. The van der Waals surface area contributed by atoms with E-state index < -0.39 is 5.41 Å². The number of phenolic OH excluding ortho intramolecular Hbond substituents is 1. The number of hydrogen-bond donors (Lipinski definition) is 2. The highest BCUT2D eigenvalue weighted by Crippen LogP contribution is 2.26. The van der Waals surface area contributed by atoms with Crippen molar-refractivity contribution in [1.29, 1.82) is 0 Å². The number of ether oxygens (including phenoxy) is 1. The number of hydrogen-bond acceptors (Lipinski definition) is 6. The highest BCUT2D eigenvalue weighted by Gasteiger charge is 2.21. The van der Waals surface area contributed by atoms with Gasteiger partial charge in [0.2, 0.25) is 4.77 Å². The van der Waals surface area contributed by atoms with Crippen molar-refractivity contribution >= 4 is 18.4 Å². The lowest BCUT2D eigenvalue weighted by Gasteiger charge is -2.16. The van der Waals surface area contributed by atoms with Crippen LogP contribution < -0.4 is 10.3 Å². The predicted molar refractivity (Wildman–Crippen MR) is 94.6 cm³/mol. The molecule has 1 aromatic heterocycles. The molecule has 1 heterocycles. The first-order chi connectivity index (χ1) is 11.2. The molecule has 2 rings (SSSR count). The number of rotatable bonds is 4. The molecule has 0 aliphatic heterocycles. The molecule has 0 saturated heterocycles. The van der Waals surface area contributed by atoms with Gasteiger partial charge in [-0.15, -0.1) is 0 Å². The van der Waals surface area contributed by atoms with Crippen molar-refractivity contribution in [2.24, 2.45) is 5.10 Å². The summed E-state index contributed by atoms with van der Waals surface area (Å²) in [5, 5.41) is 20.5. The van der Waals surface area contributed by atoms with Crippen LogP contribution in [0.15, 0.2) is 28.1 Å². The molecule has 0 atom stereocenters. The first kappa shape index (κ1) is 17.9. The maximum absolute atomic E-state index is 12.5. The van der Waals surface area contributed by atoms with Gasteiger partial charge < -0.3 is 9.84 Å². The standard InChI is InChI=1S/C16H20N4O3S/c1-5-23-12-8-10(6-7-11(12)21)9-17-20-14(22)13(16(2,3)4)18-19-15(20)24/h6-9,21H,5H2,1-4H3,(H,19,24)/b17-9-. The number of nitrogens with zero attached hydrogens (tertiary/aromatic N) is 3. The van der Waals surface area contributed by atoms with E-state index in [9.17, 15) is 9.90 Å². The molecule has 2 N–H and O–H groups in total. The largest absolute Gasteiger partial charge is 0.504 e. The lowest BCUT2D eigenvalue weighted by Crippen LogP contribution is -2.32. The summed E-state index contributed by atoms with van der Waals surface area (Å²) in [6, 6.07) is 4.79. The van der Waals surface area contributed by atoms with Crippen LogP contribution in [-0.2, 0) is 5.41 Å². The lowest BCUT2D eigenvalue weighted by atomic mass is 9.93. The number of phenols is 1. The second kappa shape index (κ2) is 6.96. The van der Waals surface area contributed by atoms with Crippen LogP contribution in [0.25, 0.3) is 0 Å². The van der Waals surface area contributed by atoms with E-state index in [-0.39, 0.29) is 16.1 Å². The monoisotopic (exact) mass is 348 g/mol. The quantitative estimate of drug-likeness (QED) is 0.654. The van der Waals surface area contributed by atoms with E-state index in [2.05, 4.69) is 15.3 Å². The Balaban J connectivity index is 2.45. The Morgan fingerprint density at radius 3 is 2.79 bits per heavy atom. The molecule has 2 aromatic rings. The maximum Gasteiger partial charge on any atom is 0.297 e. The number of aromatic nitrogens is 3. The number of H-pyrrole nitrogens is 1. The zero-order chi connectivity index (χ0) is 17.9. The number of aromatic amines is 1. The van der Waals surface area contributed by atoms with Crippen molar-refractivity contribution in [2.75, 3.05) is 6.61 Å². The summed E-state index contributed by atoms with van der Waals surface area (Å²) in [6.07, 6.45) is 1.47. The van der Waals surface area contributed by atoms with Crippen LogP contribution in [-0.4, -0.2) is 32.8 Å². The molecular weight excluding hydrogens is 328 g/mol. The van der Waals surface area contributed by atoms with Crippen molar-refractivity contribution in [2.45, 2.75) is 33.1 Å². The van der Waals surface area contributed by atoms with Gasteiger partial charge in [0, 0.05) is 5.41 Å². The molecule has 0 bridgehead atoms. The third-order valence-electron chi connectivity index (χ3n) is 3.17. The van der Waals surface area contributed by atoms with E-state index in [4.69, 9.17) is 17.0 Å². The summed E-state index contributed by atoms with van der Waals surface area (Å²) < 4.78 is 6.52. The second-order valence-corrected chi connectivity index (χ2v) is 6.54. The van der Waals surface area contributed by atoms with E-state index in [1.54, 1.807) is 12.1 Å². The Morgan fingerprint density at radius 2 is 2.17 bits per heavy atom. The van der Waals surface area contributed by atoms with E-state index in [1.807, 2.05) is 27.7 Å². The lowest BCUT2D eigenvalue weighted by molar-refractivity contribution is 0.318. The zero-order valence-corrected chi connectivity index (χ0v) is 14.8. The highest BCUT2D eigenvalue weighted by atomic mass is 32.1. The summed E-state index contributed by atoms with van der Waals surface area (Å²) in [7, 11) is 0. The molecule has 8 heteroatoms. The van der Waals surface area contributed by atoms with Crippen LogP contribution in [0.2, 0.25) is 0 Å². The topological polar surface area (TPSA) is 92.5 Å². The molecule has 0 aliphatic carbocycles. The van der Waals surface area contributed by atoms with Crippen LogP contribution in [0.5, 0.6) is 11.5 Å². The molecule has 0 saturated carbocycles. The minimum Gasteiger partial charge on any atom is -0.504 e. The molecule has 0 unspecified atom stereocenters. The third-order valence-corrected chi connectivity index (χ3v) is 3.43. The molecule has 0 fully saturated rings. The van der Waals surface area contributed by atoms with Crippen LogP contribution in [0, 0.1) is 4.77 Å². The fraction of sp³-hybridized carbons (Fsp3) is 0.375. The van der Waals surface area contributed by atoms with Crippen molar-refractivity contribution in [3.63, 3.8) is 0 Å². The van der Waals surface area contributed by atoms with Crippen LogP contribution in [0.1, 0.15) is 39.0 Å². The molecule has 1 aromatic carbocycles. The Bertz CT molecular complexity index is 878. The highest BCUT2D eigenvalue weighted by molar-refractivity contribution is 7.71. The number of aromatic hydroxyl groups is 1. The molecule has 7 nitrogen and oxygen atoms in total. The van der Waals surface area contributed by atoms with Crippen LogP contribution >= 0.6 is 12.2 Å². The van der Waals surface area contributed by atoms with Gasteiger partial charge in [0.25, 0.3) is 5.56 Å². The minimum absolute atomic E-state index is 0.0439. The minimum atomic E-state index is -0.436. The fourth-order valence-electron chi connectivity index (χ4n) is 1.99. The molecule has 0 amide bonds. The van der Waals surface area contributed by atoms with Gasteiger partial charge in [-0.3, -0.25) is 9.89 Å². The van der Waals surface area contributed by atoms with E-state index in [0.717, 1.165) is 4.68 Å². The third kappa shape index (κ3) is 3.88. The van der Waals surface area contributed by atoms with E-state index >= 15 is 0 Å². The van der Waals surface area contributed by atoms with Crippen LogP contribution in [0.4, 0.5) is 0 Å². The van der Waals surface area contributed by atoms with Crippen LogP contribution in [0.3, 0.4) is 0 Å². The molecule has 0 aliphatic rings. The number of nitrogens with one attached hydrogen (secondary N) is 1. The van der Waals surface area contributed by atoms with Crippen molar-refractivity contribution in [3.8, 4) is 11.5 Å². The molecule has 0 radical (unpaired) electrons. The van der Waals surface area contributed by atoms with Gasteiger partial charge in [0.15, 0.2) is 11.5 Å². The summed E-state index contributed by atoms with van der Waals surface area (Å²) in [4.78, 5) is 12.5. The predicted octanol–water partition coefficient (Wildman–Crippen LogP) is 2.58. The summed E-state index contributed by atoms with van der Waals surface area (Å²) in [5.74, 6) is 0.395. The van der Waals surface area contributed by atoms with Gasteiger partial charge in [0.05, 0.1) is 12.8 Å². The number of benzene rings is 1. The maximum atomic E-state index is 12.5. The van der Waals surface area contributed by atoms with Gasteiger partial charge in [0.1, 0.15) is 5.69 Å². The summed E-state index contributed by atoms with van der Waals surface area (Å²) in [6.45, 7) is 7.91. The Kier molecular flexibility index (Phi) is 5.18. The van der Waals surface area contributed by atoms with Gasteiger partial charge in [-0.1, -0.05) is 20.8 Å². The van der Waals surface area contributed by atoms with Crippen molar-refractivity contribution < 1.29 is 9.84 Å².